The van der Waals surface area contributed by atoms with Gasteiger partial charge in [-0.3, -0.25) is 4.79 Å². The molecule has 0 saturated carbocycles. The molecular weight excluding hydrogens is 428 g/mol. The maximum Gasteiger partial charge on any atom is 0.257 e. The zero-order valence-corrected chi connectivity index (χ0v) is 19.5. The van der Waals surface area contributed by atoms with E-state index in [1.54, 1.807) is 39.5 Å². The molecule has 0 radical (unpaired) electrons. The molecule has 0 aliphatic carbocycles. The van der Waals surface area contributed by atoms with Gasteiger partial charge in [0.25, 0.3) is 5.91 Å². The van der Waals surface area contributed by atoms with Crippen LogP contribution in [-0.2, 0) is 17.8 Å². The first kappa shape index (κ1) is 23.7. The van der Waals surface area contributed by atoms with Crippen molar-refractivity contribution in [2.75, 3.05) is 34.5 Å². The lowest BCUT2D eigenvalue weighted by atomic mass is 10.1. The van der Waals surface area contributed by atoms with Crippen LogP contribution in [-0.4, -0.2) is 49.9 Å². The minimum atomic E-state index is -0.101. The zero-order valence-electron chi connectivity index (χ0n) is 18.7. The first-order valence-electron chi connectivity index (χ1n) is 10.4. The number of benzene rings is 2. The Morgan fingerprint density at radius 1 is 1.03 bits per heavy atom. The van der Waals surface area contributed by atoms with Crippen LogP contribution < -0.4 is 9.47 Å². The summed E-state index contributed by atoms with van der Waals surface area (Å²) < 4.78 is 18.1. The van der Waals surface area contributed by atoms with Gasteiger partial charge in [-0.05, 0) is 48.4 Å². The van der Waals surface area contributed by atoms with Gasteiger partial charge in [0.1, 0.15) is 11.5 Å². The van der Waals surface area contributed by atoms with E-state index >= 15 is 0 Å². The number of amides is 1. The van der Waals surface area contributed by atoms with Gasteiger partial charge in [-0.25, -0.2) is 0 Å². The third kappa shape index (κ3) is 6.05. The molecule has 3 aromatic rings. The third-order valence-electron chi connectivity index (χ3n) is 5.22. The Bertz CT molecular complexity index is 1030. The van der Waals surface area contributed by atoms with Crippen LogP contribution in [0.1, 0.15) is 28.0 Å². The normalized spacial score (nSPS) is 10.8. The standard InChI is InChI=1S/C25H29ClN2O4/c1-30-14-6-13-28(25(29)23-11-10-22(31-2)16-24(23)32-3)18-21-9-5-12-27(21)17-19-7-4-8-20(26)15-19/h4-5,7-12,15-16H,6,13-14,17-18H2,1-3H3. The van der Waals surface area contributed by atoms with Crippen LogP contribution in [0.5, 0.6) is 11.5 Å². The second kappa shape index (κ2) is 11.6. The van der Waals surface area contributed by atoms with E-state index in [4.69, 9.17) is 25.8 Å². The largest absolute Gasteiger partial charge is 0.497 e. The summed E-state index contributed by atoms with van der Waals surface area (Å²) in [7, 11) is 4.80. The molecule has 0 saturated heterocycles. The van der Waals surface area contributed by atoms with Crippen LogP contribution >= 0.6 is 11.6 Å². The highest BCUT2D eigenvalue weighted by Gasteiger charge is 2.21. The summed E-state index contributed by atoms with van der Waals surface area (Å²) in [5.74, 6) is 1.02. The molecule has 2 aromatic carbocycles. The highest BCUT2D eigenvalue weighted by molar-refractivity contribution is 6.30. The predicted molar refractivity (Wildman–Crippen MR) is 126 cm³/mol. The molecule has 0 aliphatic heterocycles. The number of hydrogen-bond acceptors (Lipinski definition) is 4. The highest BCUT2D eigenvalue weighted by Crippen LogP contribution is 2.26. The van der Waals surface area contributed by atoms with Gasteiger partial charge in [-0.1, -0.05) is 23.7 Å². The molecule has 0 spiro atoms. The lowest BCUT2D eigenvalue weighted by Gasteiger charge is -2.25. The first-order chi connectivity index (χ1) is 15.5. The molecule has 1 amide bonds. The maximum absolute atomic E-state index is 13.5. The Morgan fingerprint density at radius 3 is 2.59 bits per heavy atom. The summed E-state index contributed by atoms with van der Waals surface area (Å²) in [5, 5.41) is 0.708. The number of carbonyl (C=O) groups excluding carboxylic acids is 1. The molecule has 0 atom stereocenters. The van der Waals surface area contributed by atoms with Crippen LogP contribution in [0.2, 0.25) is 5.02 Å². The molecule has 0 unspecified atom stereocenters. The van der Waals surface area contributed by atoms with Gasteiger partial charge in [-0.15, -0.1) is 0 Å². The quantitative estimate of drug-likeness (QED) is 0.386. The molecule has 3 rings (SSSR count). The highest BCUT2D eigenvalue weighted by atomic mass is 35.5. The zero-order chi connectivity index (χ0) is 22.9. The third-order valence-corrected chi connectivity index (χ3v) is 5.46. The average molecular weight is 457 g/mol. The summed E-state index contributed by atoms with van der Waals surface area (Å²) in [4.78, 5) is 15.3. The fraction of sp³-hybridized carbons (Fsp3) is 0.320. The SMILES string of the molecule is COCCCN(Cc1cccn1Cc1cccc(Cl)c1)C(=O)c1ccc(OC)cc1OC. The molecule has 1 heterocycles. The van der Waals surface area contributed by atoms with Gasteiger partial charge in [0.15, 0.2) is 0 Å². The Labute approximate surface area is 194 Å². The summed E-state index contributed by atoms with van der Waals surface area (Å²) in [6.45, 7) is 2.28. The number of halogens is 1. The number of methoxy groups -OCH3 is 3. The van der Waals surface area contributed by atoms with Crippen LogP contribution in [0.25, 0.3) is 0 Å². The number of rotatable bonds is 11. The summed E-state index contributed by atoms with van der Waals surface area (Å²) in [5.41, 5.74) is 2.63. The van der Waals surface area contributed by atoms with Crippen molar-refractivity contribution >= 4 is 17.5 Å². The van der Waals surface area contributed by atoms with E-state index in [1.807, 2.05) is 47.5 Å². The van der Waals surface area contributed by atoms with Crippen molar-refractivity contribution in [3.05, 3.63) is 82.6 Å². The topological polar surface area (TPSA) is 52.9 Å². The van der Waals surface area contributed by atoms with E-state index < -0.39 is 0 Å². The van der Waals surface area contributed by atoms with E-state index in [1.165, 1.54) is 0 Å². The maximum atomic E-state index is 13.5. The summed E-state index contributed by atoms with van der Waals surface area (Å²) in [6.07, 6.45) is 2.75. The van der Waals surface area contributed by atoms with Gasteiger partial charge in [0.2, 0.25) is 0 Å². The fourth-order valence-electron chi connectivity index (χ4n) is 3.57. The minimum absolute atomic E-state index is 0.101. The van der Waals surface area contributed by atoms with Crippen molar-refractivity contribution in [2.45, 2.75) is 19.5 Å². The second-order valence-electron chi connectivity index (χ2n) is 7.40. The monoisotopic (exact) mass is 456 g/mol. The van der Waals surface area contributed by atoms with Gasteiger partial charge < -0.3 is 23.7 Å². The number of ether oxygens (including phenoxy) is 3. The lowest BCUT2D eigenvalue weighted by molar-refractivity contribution is 0.0716. The van der Waals surface area contributed by atoms with Gasteiger partial charge in [0, 0.05) is 49.8 Å². The molecule has 0 N–H and O–H groups in total. The van der Waals surface area contributed by atoms with E-state index in [9.17, 15) is 4.79 Å². The van der Waals surface area contributed by atoms with Crippen LogP contribution in [0.15, 0.2) is 60.8 Å². The lowest BCUT2D eigenvalue weighted by Crippen LogP contribution is -2.33. The Hall–Kier alpha value is -2.96. The Morgan fingerprint density at radius 2 is 1.88 bits per heavy atom. The molecular formula is C25H29ClN2O4. The van der Waals surface area contributed by atoms with E-state index in [-0.39, 0.29) is 5.91 Å². The Kier molecular flexibility index (Phi) is 8.59. The van der Waals surface area contributed by atoms with E-state index in [0.29, 0.717) is 48.3 Å². The van der Waals surface area contributed by atoms with Crippen LogP contribution in [0, 0.1) is 0 Å². The van der Waals surface area contributed by atoms with Gasteiger partial charge in [-0.2, -0.15) is 0 Å². The number of nitrogens with zero attached hydrogens (tertiary/aromatic N) is 2. The number of carbonyl (C=O) groups is 1. The van der Waals surface area contributed by atoms with E-state index in [0.717, 1.165) is 17.7 Å². The van der Waals surface area contributed by atoms with Crippen molar-refractivity contribution in [3.63, 3.8) is 0 Å². The molecule has 0 bridgehead atoms. The average Bonchev–Trinajstić information content (AvgIpc) is 3.24. The molecule has 1 aromatic heterocycles. The number of hydrogen-bond donors (Lipinski definition) is 0. The molecule has 6 nitrogen and oxygen atoms in total. The van der Waals surface area contributed by atoms with Gasteiger partial charge in [0.05, 0.1) is 26.3 Å². The van der Waals surface area contributed by atoms with Crippen LogP contribution in [0.4, 0.5) is 0 Å². The van der Waals surface area contributed by atoms with Crippen molar-refractivity contribution in [1.29, 1.82) is 0 Å². The molecule has 32 heavy (non-hydrogen) atoms. The van der Waals surface area contributed by atoms with Crippen molar-refractivity contribution in [2.24, 2.45) is 0 Å². The smallest absolute Gasteiger partial charge is 0.257 e. The number of aromatic nitrogens is 1. The first-order valence-corrected chi connectivity index (χ1v) is 10.8. The second-order valence-corrected chi connectivity index (χ2v) is 7.83. The minimum Gasteiger partial charge on any atom is -0.497 e. The van der Waals surface area contributed by atoms with Crippen molar-refractivity contribution < 1.29 is 19.0 Å². The molecule has 0 aliphatic rings. The van der Waals surface area contributed by atoms with Gasteiger partial charge >= 0.3 is 0 Å². The van der Waals surface area contributed by atoms with Crippen molar-refractivity contribution in [3.8, 4) is 11.5 Å². The summed E-state index contributed by atoms with van der Waals surface area (Å²) >= 11 is 6.14. The molecule has 170 valence electrons. The summed E-state index contributed by atoms with van der Waals surface area (Å²) in [6, 6.07) is 17.1. The molecule has 0 fully saturated rings. The van der Waals surface area contributed by atoms with E-state index in [2.05, 4.69) is 4.57 Å². The molecule has 7 heteroatoms. The van der Waals surface area contributed by atoms with Crippen molar-refractivity contribution in [1.82, 2.24) is 9.47 Å². The van der Waals surface area contributed by atoms with Crippen LogP contribution in [0.3, 0.4) is 0 Å². The fourth-order valence-corrected chi connectivity index (χ4v) is 3.79. The predicted octanol–water partition coefficient (Wildman–Crippen LogP) is 4.89. The Balaban J connectivity index is 1.84.